The smallest absolute Gasteiger partial charge is 0.0723 e. The second-order valence-electron chi connectivity index (χ2n) is 11.1. The summed E-state index contributed by atoms with van der Waals surface area (Å²) in [5.41, 5.74) is 11.0. The molecule has 0 spiro atoms. The average molecular weight is 580 g/mol. The van der Waals surface area contributed by atoms with Crippen molar-refractivity contribution in [3.05, 3.63) is 146 Å². The van der Waals surface area contributed by atoms with E-state index in [1.54, 1.807) is 0 Å². The molecule has 0 aliphatic heterocycles. The Morgan fingerprint density at radius 1 is 0.432 bits per heavy atom. The minimum atomic E-state index is 0.958. The summed E-state index contributed by atoms with van der Waals surface area (Å²) in [6.07, 6.45) is 3.95. The maximum absolute atomic E-state index is 4.89. The van der Waals surface area contributed by atoms with E-state index in [0.717, 1.165) is 50.2 Å². The largest absolute Gasteiger partial charge is 0.354 e. The molecule has 9 rings (SSSR count). The first-order valence-corrected chi connectivity index (χ1v) is 15.6. The molecule has 4 heterocycles. The Labute approximate surface area is 258 Å². The van der Waals surface area contributed by atoms with Crippen LogP contribution < -0.4 is 0 Å². The summed E-state index contributed by atoms with van der Waals surface area (Å²) >= 11 is 1.84. The molecule has 0 aliphatic carbocycles. The third-order valence-electron chi connectivity index (χ3n) is 8.58. The Hall–Kier alpha value is -5.58. The van der Waals surface area contributed by atoms with Crippen LogP contribution in [0.4, 0.5) is 0 Å². The van der Waals surface area contributed by atoms with E-state index in [1.807, 2.05) is 23.7 Å². The Kier molecular flexibility index (Phi) is 5.68. The van der Waals surface area contributed by atoms with E-state index in [0.29, 0.717) is 0 Å². The number of nitrogens with one attached hydrogen (secondary N) is 1. The molecule has 0 saturated carbocycles. The Morgan fingerprint density at radius 3 is 1.70 bits per heavy atom. The molecule has 1 N–H and O–H groups in total. The van der Waals surface area contributed by atoms with Crippen LogP contribution in [-0.4, -0.2) is 15.0 Å². The zero-order chi connectivity index (χ0) is 29.0. The van der Waals surface area contributed by atoms with E-state index < -0.39 is 0 Å². The van der Waals surface area contributed by atoms with Crippen LogP contribution in [0, 0.1) is 0 Å². The van der Waals surface area contributed by atoms with Crippen LogP contribution in [-0.2, 0) is 0 Å². The van der Waals surface area contributed by atoms with E-state index in [2.05, 4.69) is 138 Å². The van der Waals surface area contributed by atoms with Crippen molar-refractivity contribution in [1.82, 2.24) is 15.0 Å². The molecule has 0 bridgehead atoms. The molecule has 206 valence electrons. The number of rotatable bonds is 4. The highest BCUT2D eigenvalue weighted by molar-refractivity contribution is 7.26. The molecule has 9 aromatic rings. The molecule has 0 saturated heterocycles. The van der Waals surface area contributed by atoms with Gasteiger partial charge in [-0.3, -0.25) is 9.97 Å². The van der Waals surface area contributed by atoms with Gasteiger partial charge < -0.3 is 4.98 Å². The number of para-hydroxylation sites is 2. The van der Waals surface area contributed by atoms with Crippen LogP contribution in [0.5, 0.6) is 0 Å². The van der Waals surface area contributed by atoms with Crippen LogP contribution in [0.3, 0.4) is 0 Å². The van der Waals surface area contributed by atoms with Gasteiger partial charge in [0, 0.05) is 71.1 Å². The van der Waals surface area contributed by atoms with Gasteiger partial charge in [-0.05, 0) is 35.4 Å². The normalized spacial score (nSPS) is 11.6. The van der Waals surface area contributed by atoms with Gasteiger partial charge in [0.25, 0.3) is 0 Å². The summed E-state index contributed by atoms with van der Waals surface area (Å²) in [7, 11) is 0. The predicted octanol–water partition coefficient (Wildman–Crippen LogP) is 11.1. The number of thiophene rings is 1. The van der Waals surface area contributed by atoms with Crippen LogP contribution >= 0.6 is 11.3 Å². The fraction of sp³-hybridized carbons (Fsp3) is 0. The predicted molar refractivity (Wildman–Crippen MR) is 186 cm³/mol. The molecular weight excluding hydrogens is 555 g/mol. The molecule has 44 heavy (non-hydrogen) atoms. The van der Waals surface area contributed by atoms with Crippen molar-refractivity contribution in [2.24, 2.45) is 0 Å². The SMILES string of the molecule is c1ccc2c(c1)[nH]c1c(-c3ccc(-c4ccc(-c5ccc(-c6cccc7c6sc6ccccc67)nc5)cc4)cn3)cccc12. The highest BCUT2D eigenvalue weighted by Gasteiger charge is 2.12. The van der Waals surface area contributed by atoms with Crippen molar-refractivity contribution in [3.63, 3.8) is 0 Å². The lowest BCUT2D eigenvalue weighted by Crippen LogP contribution is -1.88. The van der Waals surface area contributed by atoms with Crippen molar-refractivity contribution in [2.75, 3.05) is 0 Å². The van der Waals surface area contributed by atoms with Gasteiger partial charge in [0.05, 0.1) is 16.9 Å². The van der Waals surface area contributed by atoms with Crippen molar-refractivity contribution >= 4 is 53.3 Å². The van der Waals surface area contributed by atoms with Crippen molar-refractivity contribution in [1.29, 1.82) is 0 Å². The van der Waals surface area contributed by atoms with E-state index in [9.17, 15) is 0 Å². The molecular formula is C40H25N3S. The zero-order valence-electron chi connectivity index (χ0n) is 23.7. The third kappa shape index (κ3) is 4.03. The van der Waals surface area contributed by atoms with Gasteiger partial charge in [-0.15, -0.1) is 11.3 Å². The van der Waals surface area contributed by atoms with Gasteiger partial charge in [0.1, 0.15) is 0 Å². The maximum Gasteiger partial charge on any atom is 0.0723 e. The number of H-pyrrole nitrogens is 1. The van der Waals surface area contributed by atoms with E-state index in [1.165, 1.54) is 36.5 Å². The number of nitrogens with zero attached hydrogens (tertiary/aromatic N) is 2. The Morgan fingerprint density at radius 2 is 1.00 bits per heavy atom. The number of hydrogen-bond acceptors (Lipinski definition) is 3. The topological polar surface area (TPSA) is 41.6 Å². The molecule has 3 nitrogen and oxygen atoms in total. The molecule has 0 unspecified atom stereocenters. The van der Waals surface area contributed by atoms with Crippen molar-refractivity contribution < 1.29 is 0 Å². The van der Waals surface area contributed by atoms with Crippen LogP contribution in [0.2, 0.25) is 0 Å². The van der Waals surface area contributed by atoms with Gasteiger partial charge in [0.2, 0.25) is 0 Å². The summed E-state index contributed by atoms with van der Waals surface area (Å²) in [6, 6.07) is 47.2. The summed E-state index contributed by atoms with van der Waals surface area (Å²) in [5, 5.41) is 5.06. The number of hydrogen-bond donors (Lipinski definition) is 1. The van der Waals surface area contributed by atoms with Gasteiger partial charge in [-0.2, -0.15) is 0 Å². The zero-order valence-corrected chi connectivity index (χ0v) is 24.5. The number of aromatic nitrogens is 3. The Balaban J connectivity index is 0.986. The van der Waals surface area contributed by atoms with Crippen molar-refractivity contribution in [2.45, 2.75) is 0 Å². The van der Waals surface area contributed by atoms with Crippen LogP contribution in [0.15, 0.2) is 146 Å². The molecule has 4 aromatic heterocycles. The third-order valence-corrected chi connectivity index (χ3v) is 9.80. The second-order valence-corrected chi connectivity index (χ2v) is 12.2. The lowest BCUT2D eigenvalue weighted by atomic mass is 10.0. The van der Waals surface area contributed by atoms with Crippen LogP contribution in [0.25, 0.3) is 86.7 Å². The fourth-order valence-electron chi connectivity index (χ4n) is 6.34. The number of pyridine rings is 2. The lowest BCUT2D eigenvalue weighted by Gasteiger charge is -2.08. The quantitative estimate of drug-likeness (QED) is 0.225. The molecule has 0 fully saturated rings. The highest BCUT2D eigenvalue weighted by atomic mass is 32.1. The summed E-state index contributed by atoms with van der Waals surface area (Å²) < 4.78 is 2.60. The Bertz CT molecular complexity index is 2290. The van der Waals surface area contributed by atoms with E-state index in [4.69, 9.17) is 9.97 Å². The first-order chi connectivity index (χ1) is 21.8. The van der Waals surface area contributed by atoms with Gasteiger partial charge in [-0.25, -0.2) is 0 Å². The number of aromatic amines is 1. The summed E-state index contributed by atoms with van der Waals surface area (Å²) in [6.45, 7) is 0. The maximum atomic E-state index is 4.89. The molecule has 5 aromatic carbocycles. The van der Waals surface area contributed by atoms with Crippen molar-refractivity contribution in [3.8, 4) is 44.8 Å². The second kappa shape index (κ2) is 10.0. The summed E-state index contributed by atoms with van der Waals surface area (Å²) in [4.78, 5) is 13.4. The average Bonchev–Trinajstić information content (AvgIpc) is 3.67. The van der Waals surface area contributed by atoms with Gasteiger partial charge >= 0.3 is 0 Å². The molecule has 0 radical (unpaired) electrons. The highest BCUT2D eigenvalue weighted by Crippen LogP contribution is 2.39. The molecule has 0 aliphatic rings. The standard InChI is InChI=1S/C40H25N3S/c1-3-13-37-29(7-1)31-9-5-11-33(39(31)43-37)35-21-19-27(23-41-35)25-15-17-26(18-16-25)28-20-22-36(42-24-28)34-12-6-10-32-30-8-2-4-14-38(30)44-40(32)34/h1-24,43H. The fourth-order valence-corrected chi connectivity index (χ4v) is 7.56. The minimum Gasteiger partial charge on any atom is -0.354 e. The number of benzene rings is 5. The minimum absolute atomic E-state index is 0.958. The lowest BCUT2D eigenvalue weighted by molar-refractivity contribution is 1.32. The van der Waals surface area contributed by atoms with Crippen LogP contribution in [0.1, 0.15) is 0 Å². The van der Waals surface area contributed by atoms with E-state index in [-0.39, 0.29) is 0 Å². The monoisotopic (exact) mass is 579 g/mol. The first-order valence-electron chi connectivity index (χ1n) is 14.7. The van der Waals surface area contributed by atoms with Gasteiger partial charge in [-0.1, -0.05) is 109 Å². The molecule has 4 heteroatoms. The van der Waals surface area contributed by atoms with Gasteiger partial charge in [0.15, 0.2) is 0 Å². The number of fused-ring (bicyclic) bond motifs is 6. The summed E-state index contributed by atoms with van der Waals surface area (Å²) in [5.74, 6) is 0. The molecule has 0 amide bonds. The first kappa shape index (κ1) is 25.0. The molecule has 0 atom stereocenters. The van der Waals surface area contributed by atoms with E-state index >= 15 is 0 Å².